The van der Waals surface area contributed by atoms with Crippen LogP contribution in [0.25, 0.3) is 0 Å². The second-order valence-electron chi connectivity index (χ2n) is 4.01. The van der Waals surface area contributed by atoms with E-state index in [4.69, 9.17) is 28.9 Å². The first kappa shape index (κ1) is 13.3. The van der Waals surface area contributed by atoms with Gasteiger partial charge < -0.3 is 5.73 Å². The third-order valence-electron chi connectivity index (χ3n) is 2.77. The zero-order valence-electron chi connectivity index (χ0n) is 9.70. The van der Waals surface area contributed by atoms with Crippen LogP contribution in [0.1, 0.15) is 17.3 Å². The molecule has 0 bridgehead atoms. The molecule has 3 nitrogen and oxygen atoms in total. The maximum Gasteiger partial charge on any atom is 0.127 e. The Morgan fingerprint density at radius 1 is 1.39 bits per heavy atom. The normalized spacial score (nSPS) is 12.7. The van der Waals surface area contributed by atoms with Gasteiger partial charge in [-0.1, -0.05) is 29.3 Å². The van der Waals surface area contributed by atoms with Crippen LogP contribution in [0, 0.1) is 5.82 Å². The Kier molecular flexibility index (Phi) is 3.90. The van der Waals surface area contributed by atoms with Crippen LogP contribution in [0.4, 0.5) is 4.39 Å². The number of hydrogen-bond acceptors (Lipinski definition) is 2. The first-order valence-corrected chi connectivity index (χ1v) is 6.12. The number of nitrogens with two attached hydrogens (primary N) is 1. The highest BCUT2D eigenvalue weighted by molar-refractivity contribution is 6.31. The van der Waals surface area contributed by atoms with E-state index < -0.39 is 6.04 Å². The van der Waals surface area contributed by atoms with Crippen LogP contribution in [0.3, 0.4) is 0 Å². The molecule has 0 aliphatic carbocycles. The minimum Gasteiger partial charge on any atom is -0.322 e. The Bertz CT molecular complexity index is 529. The lowest BCUT2D eigenvalue weighted by molar-refractivity contribution is 0.574. The van der Waals surface area contributed by atoms with Gasteiger partial charge in [-0.25, -0.2) is 4.39 Å². The van der Waals surface area contributed by atoms with E-state index in [1.807, 2.05) is 0 Å². The summed E-state index contributed by atoms with van der Waals surface area (Å²) in [5, 5.41) is 4.84. The van der Waals surface area contributed by atoms with Gasteiger partial charge >= 0.3 is 0 Å². The van der Waals surface area contributed by atoms with Crippen molar-refractivity contribution < 1.29 is 4.39 Å². The number of aryl methyl sites for hydroxylation is 1. The molecular weight excluding hydrogens is 276 g/mol. The van der Waals surface area contributed by atoms with Crippen molar-refractivity contribution in [1.82, 2.24) is 9.78 Å². The summed E-state index contributed by atoms with van der Waals surface area (Å²) in [7, 11) is 1.74. The minimum absolute atomic E-state index is 0.269. The fraction of sp³-hybridized carbons (Fsp3) is 0.250. The molecule has 2 rings (SSSR count). The van der Waals surface area contributed by atoms with Crippen molar-refractivity contribution in [3.05, 3.63) is 51.5 Å². The lowest BCUT2D eigenvalue weighted by atomic mass is 10.0. The molecule has 1 aromatic carbocycles. The average molecular weight is 288 g/mol. The molecule has 2 N–H and O–H groups in total. The molecule has 0 saturated carbocycles. The molecule has 1 heterocycles. The highest BCUT2D eigenvalue weighted by Gasteiger charge is 2.18. The second kappa shape index (κ2) is 5.26. The molecule has 2 aromatic rings. The number of hydrogen-bond donors (Lipinski definition) is 1. The van der Waals surface area contributed by atoms with Crippen LogP contribution in [0.5, 0.6) is 0 Å². The van der Waals surface area contributed by atoms with Gasteiger partial charge in [0.25, 0.3) is 0 Å². The van der Waals surface area contributed by atoms with Gasteiger partial charge in [-0.2, -0.15) is 5.10 Å². The highest BCUT2D eigenvalue weighted by atomic mass is 35.5. The molecule has 18 heavy (non-hydrogen) atoms. The quantitative estimate of drug-likeness (QED) is 0.943. The molecule has 0 saturated heterocycles. The third kappa shape index (κ3) is 2.51. The maximum absolute atomic E-state index is 13.7. The predicted molar refractivity (Wildman–Crippen MR) is 70.3 cm³/mol. The largest absolute Gasteiger partial charge is 0.322 e. The summed E-state index contributed by atoms with van der Waals surface area (Å²) in [5.74, 6) is -0.365. The van der Waals surface area contributed by atoms with Gasteiger partial charge in [0.1, 0.15) is 5.82 Å². The van der Waals surface area contributed by atoms with E-state index in [-0.39, 0.29) is 12.2 Å². The van der Waals surface area contributed by atoms with E-state index in [0.717, 1.165) is 0 Å². The molecule has 0 spiro atoms. The summed E-state index contributed by atoms with van der Waals surface area (Å²) in [6.45, 7) is 0. The van der Waals surface area contributed by atoms with Gasteiger partial charge in [0, 0.05) is 17.6 Å². The fourth-order valence-corrected chi connectivity index (χ4v) is 2.43. The van der Waals surface area contributed by atoms with Gasteiger partial charge in [0.2, 0.25) is 0 Å². The number of rotatable bonds is 3. The molecule has 0 amide bonds. The Labute approximate surface area is 114 Å². The number of aromatic nitrogens is 2. The average Bonchev–Trinajstić information content (AvgIpc) is 2.64. The Morgan fingerprint density at radius 3 is 2.67 bits per heavy atom. The van der Waals surface area contributed by atoms with Gasteiger partial charge in [-0.05, 0) is 18.6 Å². The van der Waals surface area contributed by atoms with E-state index in [9.17, 15) is 4.39 Å². The molecule has 0 fully saturated rings. The Balaban J connectivity index is 2.30. The summed E-state index contributed by atoms with van der Waals surface area (Å²) < 4.78 is 15.2. The lowest BCUT2D eigenvalue weighted by Crippen LogP contribution is -2.18. The van der Waals surface area contributed by atoms with Crippen molar-refractivity contribution >= 4 is 23.2 Å². The Hall–Kier alpha value is -1.10. The van der Waals surface area contributed by atoms with Crippen LogP contribution in [-0.2, 0) is 13.5 Å². The molecule has 0 radical (unpaired) electrons. The number of benzene rings is 1. The van der Waals surface area contributed by atoms with Gasteiger partial charge in [-0.15, -0.1) is 0 Å². The maximum atomic E-state index is 13.7. The molecule has 0 aliphatic rings. The molecular formula is C12H12Cl2FN3. The lowest BCUT2D eigenvalue weighted by Gasteiger charge is -2.14. The van der Waals surface area contributed by atoms with E-state index in [1.165, 1.54) is 12.3 Å². The monoisotopic (exact) mass is 287 g/mol. The standard InChI is InChI=1S/C12H12Cl2FN3/c1-18-12(9(14)6-17-18)11(16)5-7-8(13)3-2-4-10(7)15/h2-4,6,11H,5,16H2,1H3. The minimum atomic E-state index is -0.459. The van der Waals surface area contributed by atoms with Gasteiger partial charge in [0.15, 0.2) is 0 Å². The van der Waals surface area contributed by atoms with Gasteiger partial charge in [0.05, 0.1) is 23.0 Å². The van der Waals surface area contributed by atoms with Crippen molar-refractivity contribution in [1.29, 1.82) is 0 Å². The number of nitrogens with zero attached hydrogens (tertiary/aromatic N) is 2. The van der Waals surface area contributed by atoms with Crippen LogP contribution in [0.15, 0.2) is 24.4 Å². The first-order valence-electron chi connectivity index (χ1n) is 5.36. The SMILES string of the molecule is Cn1ncc(Cl)c1C(N)Cc1c(F)cccc1Cl. The van der Waals surface area contributed by atoms with Crippen molar-refractivity contribution in [2.24, 2.45) is 12.8 Å². The molecule has 1 atom stereocenters. The Morgan fingerprint density at radius 2 is 2.11 bits per heavy atom. The zero-order valence-corrected chi connectivity index (χ0v) is 11.2. The van der Waals surface area contributed by atoms with Crippen molar-refractivity contribution in [2.45, 2.75) is 12.5 Å². The van der Waals surface area contributed by atoms with Crippen molar-refractivity contribution in [3.63, 3.8) is 0 Å². The van der Waals surface area contributed by atoms with Gasteiger partial charge in [-0.3, -0.25) is 4.68 Å². The van der Waals surface area contributed by atoms with E-state index in [1.54, 1.807) is 23.9 Å². The first-order chi connectivity index (χ1) is 8.50. The third-order valence-corrected chi connectivity index (χ3v) is 3.42. The molecule has 6 heteroatoms. The smallest absolute Gasteiger partial charge is 0.127 e. The molecule has 1 aromatic heterocycles. The number of halogens is 3. The highest BCUT2D eigenvalue weighted by Crippen LogP contribution is 2.27. The van der Waals surface area contributed by atoms with E-state index in [0.29, 0.717) is 21.3 Å². The second-order valence-corrected chi connectivity index (χ2v) is 4.83. The molecule has 96 valence electrons. The topological polar surface area (TPSA) is 43.8 Å². The van der Waals surface area contributed by atoms with Crippen LogP contribution < -0.4 is 5.73 Å². The van der Waals surface area contributed by atoms with Crippen LogP contribution in [-0.4, -0.2) is 9.78 Å². The predicted octanol–water partition coefficient (Wildman–Crippen LogP) is 3.11. The van der Waals surface area contributed by atoms with Crippen molar-refractivity contribution in [2.75, 3.05) is 0 Å². The van der Waals surface area contributed by atoms with Crippen LogP contribution in [0.2, 0.25) is 10.0 Å². The van der Waals surface area contributed by atoms with Crippen molar-refractivity contribution in [3.8, 4) is 0 Å². The van der Waals surface area contributed by atoms with Crippen LogP contribution >= 0.6 is 23.2 Å². The van der Waals surface area contributed by atoms with E-state index in [2.05, 4.69) is 5.10 Å². The summed E-state index contributed by atoms with van der Waals surface area (Å²) in [6.07, 6.45) is 1.78. The fourth-order valence-electron chi connectivity index (χ4n) is 1.88. The van der Waals surface area contributed by atoms with E-state index >= 15 is 0 Å². The zero-order chi connectivity index (χ0) is 13.3. The summed E-state index contributed by atoms with van der Waals surface area (Å²) in [4.78, 5) is 0. The summed E-state index contributed by atoms with van der Waals surface area (Å²) in [5.41, 5.74) is 7.10. The summed E-state index contributed by atoms with van der Waals surface area (Å²) >= 11 is 12.0. The summed E-state index contributed by atoms with van der Waals surface area (Å²) in [6, 6.07) is 4.10. The molecule has 0 aliphatic heterocycles. The molecule has 1 unspecified atom stereocenters.